The van der Waals surface area contributed by atoms with Crippen molar-refractivity contribution in [2.24, 2.45) is 0 Å². The first-order valence-corrected chi connectivity index (χ1v) is 11.2. The molecule has 36 heavy (non-hydrogen) atoms. The third kappa shape index (κ3) is 4.99. The Balaban J connectivity index is 1.31. The van der Waals surface area contributed by atoms with Crippen LogP contribution in [0.1, 0.15) is 28.1 Å². The molecule has 10 heteroatoms. The van der Waals surface area contributed by atoms with Gasteiger partial charge in [-0.25, -0.2) is 9.97 Å². The van der Waals surface area contributed by atoms with Crippen molar-refractivity contribution in [1.29, 1.82) is 0 Å². The molecule has 0 aliphatic carbocycles. The fourth-order valence-electron chi connectivity index (χ4n) is 4.32. The van der Waals surface area contributed by atoms with Gasteiger partial charge in [0.2, 0.25) is 0 Å². The normalized spacial score (nSPS) is 14.6. The second kappa shape index (κ2) is 9.09. The largest absolute Gasteiger partial charge is 0.416 e. The van der Waals surface area contributed by atoms with Crippen LogP contribution in [0.15, 0.2) is 73.1 Å². The number of hydrogen-bond donors (Lipinski definition) is 0. The summed E-state index contributed by atoms with van der Waals surface area (Å²) in [7, 11) is 0. The summed E-state index contributed by atoms with van der Waals surface area (Å²) in [6.45, 7) is 1.74. The zero-order valence-electron chi connectivity index (χ0n) is 18.8. The second-order valence-electron chi connectivity index (χ2n) is 8.62. The van der Waals surface area contributed by atoms with Crippen LogP contribution in [0.5, 0.6) is 0 Å². The zero-order chi connectivity index (χ0) is 25.5. The minimum atomic E-state index is -4.42. The van der Waals surface area contributed by atoms with Gasteiger partial charge in [0.1, 0.15) is 0 Å². The van der Waals surface area contributed by atoms with Crippen LogP contribution >= 0.6 is 0 Å². The molecule has 5 rings (SSSR count). The Hall–Kier alpha value is -3.66. The van der Waals surface area contributed by atoms with Gasteiger partial charge in [-0.15, -0.1) is 0 Å². The molecule has 1 aliphatic rings. The Kier molecular flexibility index (Phi) is 6.07. The van der Waals surface area contributed by atoms with Crippen LogP contribution in [0.25, 0.3) is 17.1 Å². The van der Waals surface area contributed by atoms with Crippen molar-refractivity contribution in [3.05, 3.63) is 101 Å². The van der Waals surface area contributed by atoms with E-state index in [0.717, 1.165) is 41.2 Å². The Bertz CT molecular complexity index is 1370. The number of fused-ring (bicyclic) bond motifs is 1. The van der Waals surface area contributed by atoms with Gasteiger partial charge in [-0.1, -0.05) is 18.2 Å². The van der Waals surface area contributed by atoms with Crippen molar-refractivity contribution >= 4 is 0 Å². The predicted octanol–water partition coefficient (Wildman–Crippen LogP) is 6.53. The summed E-state index contributed by atoms with van der Waals surface area (Å²) in [6, 6.07) is 13.6. The molecule has 0 atom stereocenters. The molecule has 0 spiro atoms. The number of aromatic nitrogens is 3. The van der Waals surface area contributed by atoms with Crippen molar-refractivity contribution in [3.63, 3.8) is 0 Å². The second-order valence-corrected chi connectivity index (χ2v) is 8.62. The lowest BCUT2D eigenvalue weighted by Crippen LogP contribution is -2.31. The summed E-state index contributed by atoms with van der Waals surface area (Å²) in [4.78, 5) is 11.1. The molecule has 186 valence electrons. The quantitative estimate of drug-likeness (QED) is 0.298. The molecule has 0 unspecified atom stereocenters. The van der Waals surface area contributed by atoms with E-state index in [2.05, 4.69) is 14.9 Å². The minimum absolute atomic E-state index is 0.370. The van der Waals surface area contributed by atoms with Gasteiger partial charge < -0.3 is 4.57 Å². The summed E-state index contributed by atoms with van der Waals surface area (Å²) in [5, 5.41) is 0. The molecule has 0 bridgehead atoms. The van der Waals surface area contributed by atoms with Crippen LogP contribution in [0.2, 0.25) is 0 Å². The fraction of sp³-hybridized carbons (Fsp3) is 0.231. The lowest BCUT2D eigenvalue weighted by atomic mass is 10.1. The fourth-order valence-corrected chi connectivity index (χ4v) is 4.32. The van der Waals surface area contributed by atoms with Gasteiger partial charge >= 0.3 is 12.4 Å². The molecule has 0 radical (unpaired) electrons. The Labute approximate surface area is 202 Å². The summed E-state index contributed by atoms with van der Waals surface area (Å²) in [6.07, 6.45) is -4.77. The SMILES string of the molecule is FC(F)(F)c1ccc(-c2ncc3c(n2)CCN(Cc2cccn2-c2cccc(C(F)(F)F)c2)C3)cc1. The molecule has 2 aromatic carbocycles. The Morgan fingerprint density at radius 3 is 2.31 bits per heavy atom. The molecular weight excluding hydrogens is 482 g/mol. The lowest BCUT2D eigenvalue weighted by molar-refractivity contribution is -0.138. The first-order chi connectivity index (χ1) is 17.1. The molecule has 0 fully saturated rings. The van der Waals surface area contributed by atoms with Crippen molar-refractivity contribution in [3.8, 4) is 17.1 Å². The highest BCUT2D eigenvalue weighted by Crippen LogP contribution is 2.32. The van der Waals surface area contributed by atoms with E-state index in [0.29, 0.717) is 43.1 Å². The van der Waals surface area contributed by atoms with Gasteiger partial charge in [0.05, 0.1) is 16.8 Å². The van der Waals surface area contributed by atoms with Gasteiger partial charge in [0, 0.05) is 61.0 Å². The first kappa shape index (κ1) is 24.1. The molecule has 0 saturated heterocycles. The Morgan fingerprint density at radius 1 is 0.833 bits per heavy atom. The molecule has 4 aromatic rings. The molecule has 4 nitrogen and oxygen atoms in total. The van der Waals surface area contributed by atoms with Crippen molar-refractivity contribution < 1.29 is 26.3 Å². The van der Waals surface area contributed by atoms with E-state index in [1.165, 1.54) is 18.2 Å². The number of alkyl halides is 6. The van der Waals surface area contributed by atoms with Gasteiger partial charge in [0.25, 0.3) is 0 Å². The van der Waals surface area contributed by atoms with Crippen LogP contribution in [0, 0.1) is 0 Å². The van der Waals surface area contributed by atoms with Crippen molar-refractivity contribution in [1.82, 2.24) is 19.4 Å². The van der Waals surface area contributed by atoms with E-state index in [9.17, 15) is 26.3 Å². The molecule has 3 heterocycles. The van der Waals surface area contributed by atoms with Gasteiger partial charge in [0.15, 0.2) is 5.82 Å². The highest BCUT2D eigenvalue weighted by Gasteiger charge is 2.31. The maximum absolute atomic E-state index is 13.2. The topological polar surface area (TPSA) is 34.0 Å². The molecular formula is C26H20F6N4. The summed E-state index contributed by atoms with van der Waals surface area (Å²) in [5.41, 5.74) is 2.11. The van der Waals surface area contributed by atoms with Crippen molar-refractivity contribution in [2.45, 2.75) is 31.9 Å². The predicted molar refractivity (Wildman–Crippen MR) is 121 cm³/mol. The average molecular weight is 502 g/mol. The third-order valence-corrected chi connectivity index (χ3v) is 6.15. The first-order valence-electron chi connectivity index (χ1n) is 11.2. The molecule has 0 saturated carbocycles. The lowest BCUT2D eigenvalue weighted by Gasteiger charge is -2.28. The van der Waals surface area contributed by atoms with Crippen molar-refractivity contribution in [2.75, 3.05) is 6.54 Å². The zero-order valence-corrected chi connectivity index (χ0v) is 18.8. The minimum Gasteiger partial charge on any atom is -0.320 e. The maximum atomic E-state index is 13.2. The standard InChI is InChI=1S/C26H20F6N4/c27-25(28,29)19-8-6-17(7-9-19)24-33-14-18-15-35(12-10-23(18)34-24)16-22-5-2-11-36(22)21-4-1-3-20(13-21)26(30,31)32/h1-9,11,13-14H,10,12,15-16H2. The average Bonchev–Trinajstić information content (AvgIpc) is 3.31. The smallest absolute Gasteiger partial charge is 0.320 e. The number of nitrogens with zero attached hydrogens (tertiary/aromatic N) is 4. The van der Waals surface area contributed by atoms with E-state index in [4.69, 9.17) is 0 Å². The van der Waals surface area contributed by atoms with Crippen LogP contribution in [-0.4, -0.2) is 26.0 Å². The van der Waals surface area contributed by atoms with Crippen LogP contribution < -0.4 is 0 Å². The Morgan fingerprint density at radius 2 is 1.58 bits per heavy atom. The maximum Gasteiger partial charge on any atom is 0.416 e. The third-order valence-electron chi connectivity index (χ3n) is 6.15. The van der Waals surface area contributed by atoms with E-state index >= 15 is 0 Å². The summed E-state index contributed by atoms with van der Waals surface area (Å²) >= 11 is 0. The number of benzene rings is 2. The highest BCUT2D eigenvalue weighted by atomic mass is 19.4. The summed E-state index contributed by atoms with van der Waals surface area (Å²) in [5.74, 6) is 0.370. The molecule has 1 aliphatic heterocycles. The van der Waals surface area contributed by atoms with E-state index in [1.807, 2.05) is 6.07 Å². The van der Waals surface area contributed by atoms with Crippen LogP contribution in [-0.2, 0) is 31.9 Å². The van der Waals surface area contributed by atoms with Gasteiger partial charge in [-0.2, -0.15) is 26.3 Å². The number of hydrogen-bond acceptors (Lipinski definition) is 3. The van der Waals surface area contributed by atoms with E-state index in [1.54, 1.807) is 29.1 Å². The number of halogens is 6. The summed E-state index contributed by atoms with van der Waals surface area (Å²) < 4.78 is 79.7. The van der Waals surface area contributed by atoms with Crippen LogP contribution in [0.3, 0.4) is 0 Å². The highest BCUT2D eigenvalue weighted by molar-refractivity contribution is 5.56. The van der Waals surface area contributed by atoms with E-state index < -0.39 is 23.5 Å². The molecule has 0 amide bonds. The van der Waals surface area contributed by atoms with Gasteiger partial charge in [-0.05, 0) is 42.5 Å². The van der Waals surface area contributed by atoms with Crippen LogP contribution in [0.4, 0.5) is 26.3 Å². The molecule has 2 aromatic heterocycles. The molecule has 0 N–H and O–H groups in total. The number of rotatable bonds is 4. The van der Waals surface area contributed by atoms with E-state index in [-0.39, 0.29) is 0 Å². The van der Waals surface area contributed by atoms with Gasteiger partial charge in [-0.3, -0.25) is 4.90 Å². The monoisotopic (exact) mass is 502 g/mol.